The fourth-order valence-electron chi connectivity index (χ4n) is 2.24. The smallest absolute Gasteiger partial charge is 0.216 e. The summed E-state index contributed by atoms with van der Waals surface area (Å²) < 4.78 is 18.1. The van der Waals surface area contributed by atoms with Gasteiger partial charge in [0.1, 0.15) is 0 Å². The van der Waals surface area contributed by atoms with E-state index in [0.717, 1.165) is 30.7 Å². The molecular formula is C16H22N4O3S. The second-order valence-corrected chi connectivity index (χ2v) is 5.45. The summed E-state index contributed by atoms with van der Waals surface area (Å²) in [5.74, 6) is 2.49. The summed E-state index contributed by atoms with van der Waals surface area (Å²) >= 11 is 5.24. The number of benzene rings is 1. The minimum atomic E-state index is 0.463. The van der Waals surface area contributed by atoms with Crippen LogP contribution in [0.3, 0.4) is 0 Å². The molecule has 1 aromatic heterocycles. The minimum absolute atomic E-state index is 0.463. The first-order chi connectivity index (χ1) is 11.6. The monoisotopic (exact) mass is 350 g/mol. The fraction of sp³-hybridized carbons (Fsp3) is 0.438. The lowest BCUT2D eigenvalue weighted by molar-refractivity contribution is 0.324. The normalized spacial score (nSPS) is 11.0. The Hall–Kier alpha value is -2.35. The van der Waals surface area contributed by atoms with E-state index in [4.69, 9.17) is 26.4 Å². The highest BCUT2D eigenvalue weighted by Gasteiger charge is 2.12. The summed E-state index contributed by atoms with van der Waals surface area (Å²) in [6.45, 7) is 2.13. The number of aryl methyl sites for hydroxylation is 1. The number of aromatic nitrogens is 3. The third-order valence-electron chi connectivity index (χ3n) is 3.48. The van der Waals surface area contributed by atoms with Crippen molar-refractivity contribution in [2.45, 2.75) is 26.2 Å². The van der Waals surface area contributed by atoms with Crippen molar-refractivity contribution in [2.24, 2.45) is 5.10 Å². The number of ether oxygens (including phenoxy) is 3. The average Bonchev–Trinajstić information content (AvgIpc) is 2.96. The molecule has 0 aliphatic heterocycles. The van der Waals surface area contributed by atoms with Gasteiger partial charge in [0.2, 0.25) is 10.5 Å². The van der Waals surface area contributed by atoms with Gasteiger partial charge in [-0.05, 0) is 30.8 Å². The van der Waals surface area contributed by atoms with Gasteiger partial charge in [0.25, 0.3) is 0 Å². The zero-order valence-corrected chi connectivity index (χ0v) is 15.1. The number of rotatable bonds is 8. The third kappa shape index (κ3) is 3.94. The standard InChI is InChI=1S/C16H22N4O3S/c1-5-6-7-14-18-19-16(24)20(14)17-10-11-8-12(21-2)15(23-4)13(9-11)22-3/h8-10H,5-7H2,1-4H3,(H,19,24)/b17-10-. The average molecular weight is 350 g/mol. The summed E-state index contributed by atoms with van der Waals surface area (Å²) in [7, 11) is 4.72. The van der Waals surface area contributed by atoms with Gasteiger partial charge >= 0.3 is 0 Å². The highest BCUT2D eigenvalue weighted by Crippen LogP contribution is 2.37. The van der Waals surface area contributed by atoms with Crippen molar-refractivity contribution in [2.75, 3.05) is 21.3 Å². The maximum atomic E-state index is 5.34. The van der Waals surface area contributed by atoms with Gasteiger partial charge in [-0.3, -0.25) is 5.10 Å². The third-order valence-corrected chi connectivity index (χ3v) is 3.74. The van der Waals surface area contributed by atoms with Crippen LogP contribution in [-0.2, 0) is 6.42 Å². The SMILES string of the molecule is CCCCc1n[nH]c(=S)n1/N=C\c1cc(OC)c(OC)c(OC)c1. The number of methoxy groups -OCH3 is 3. The van der Waals surface area contributed by atoms with Crippen molar-refractivity contribution in [3.05, 3.63) is 28.3 Å². The van der Waals surface area contributed by atoms with Crippen LogP contribution in [0.5, 0.6) is 17.2 Å². The van der Waals surface area contributed by atoms with Gasteiger partial charge in [0.15, 0.2) is 17.3 Å². The van der Waals surface area contributed by atoms with Crippen LogP contribution < -0.4 is 14.2 Å². The number of aromatic amines is 1. The maximum Gasteiger partial charge on any atom is 0.216 e. The summed E-state index contributed by atoms with van der Waals surface area (Å²) in [6, 6.07) is 3.64. The molecule has 130 valence electrons. The highest BCUT2D eigenvalue weighted by molar-refractivity contribution is 7.71. The van der Waals surface area contributed by atoms with E-state index in [1.165, 1.54) is 0 Å². The van der Waals surface area contributed by atoms with Crippen LogP contribution in [0.1, 0.15) is 31.2 Å². The molecule has 0 spiro atoms. The van der Waals surface area contributed by atoms with E-state index in [0.29, 0.717) is 22.0 Å². The lowest BCUT2D eigenvalue weighted by Crippen LogP contribution is -2.00. The van der Waals surface area contributed by atoms with Crippen molar-refractivity contribution in [3.8, 4) is 17.2 Å². The van der Waals surface area contributed by atoms with Gasteiger partial charge in [-0.25, -0.2) is 0 Å². The van der Waals surface area contributed by atoms with Gasteiger partial charge in [0, 0.05) is 12.0 Å². The Morgan fingerprint density at radius 1 is 1.21 bits per heavy atom. The van der Waals surface area contributed by atoms with Gasteiger partial charge in [0.05, 0.1) is 27.5 Å². The lowest BCUT2D eigenvalue weighted by Gasteiger charge is -2.12. The topological polar surface area (TPSA) is 73.7 Å². The first kappa shape index (κ1) is 18.0. The lowest BCUT2D eigenvalue weighted by atomic mass is 10.2. The van der Waals surface area contributed by atoms with Gasteiger partial charge in [-0.15, -0.1) is 0 Å². The number of nitrogens with one attached hydrogen (secondary N) is 1. The van der Waals surface area contributed by atoms with Gasteiger partial charge in [-0.1, -0.05) is 13.3 Å². The minimum Gasteiger partial charge on any atom is -0.493 e. The van der Waals surface area contributed by atoms with E-state index in [2.05, 4.69) is 22.2 Å². The van der Waals surface area contributed by atoms with Crippen LogP contribution in [-0.4, -0.2) is 42.4 Å². The maximum absolute atomic E-state index is 5.34. The number of unbranched alkanes of at least 4 members (excludes halogenated alkanes) is 1. The Labute approximate surface area is 146 Å². The number of hydrogen-bond acceptors (Lipinski definition) is 6. The summed E-state index contributed by atoms with van der Waals surface area (Å²) in [5, 5.41) is 11.4. The first-order valence-electron chi connectivity index (χ1n) is 7.65. The molecule has 0 atom stereocenters. The quantitative estimate of drug-likeness (QED) is 0.585. The van der Waals surface area contributed by atoms with E-state index in [1.54, 1.807) is 32.2 Å². The molecule has 2 aromatic rings. The molecule has 0 saturated heterocycles. The van der Waals surface area contributed by atoms with Crippen LogP contribution in [0.2, 0.25) is 0 Å². The molecule has 1 aromatic carbocycles. The Bertz CT molecular complexity index is 742. The van der Waals surface area contributed by atoms with Crippen molar-refractivity contribution < 1.29 is 14.2 Å². The Kier molecular flexibility index (Phi) is 6.36. The van der Waals surface area contributed by atoms with Crippen LogP contribution in [0, 0.1) is 4.77 Å². The molecule has 0 radical (unpaired) electrons. The zero-order valence-electron chi connectivity index (χ0n) is 14.3. The molecule has 0 aliphatic rings. The van der Waals surface area contributed by atoms with Crippen LogP contribution >= 0.6 is 12.2 Å². The van der Waals surface area contributed by atoms with Crippen LogP contribution in [0.25, 0.3) is 0 Å². The Morgan fingerprint density at radius 3 is 2.42 bits per heavy atom. The van der Waals surface area contributed by atoms with Gasteiger partial charge in [-0.2, -0.15) is 14.9 Å². The van der Waals surface area contributed by atoms with E-state index in [1.807, 2.05) is 12.1 Å². The van der Waals surface area contributed by atoms with E-state index < -0.39 is 0 Å². The largest absolute Gasteiger partial charge is 0.493 e. The summed E-state index contributed by atoms with van der Waals surface area (Å²) in [4.78, 5) is 0. The first-order valence-corrected chi connectivity index (χ1v) is 8.06. The summed E-state index contributed by atoms with van der Waals surface area (Å²) in [5.41, 5.74) is 0.800. The molecule has 8 heteroatoms. The van der Waals surface area contributed by atoms with Crippen molar-refractivity contribution in [1.82, 2.24) is 14.9 Å². The molecule has 0 aliphatic carbocycles. The number of H-pyrrole nitrogens is 1. The van der Waals surface area contributed by atoms with Crippen LogP contribution in [0.15, 0.2) is 17.2 Å². The zero-order chi connectivity index (χ0) is 17.5. The fourth-order valence-corrected chi connectivity index (χ4v) is 2.44. The number of hydrogen-bond donors (Lipinski definition) is 1. The van der Waals surface area contributed by atoms with Crippen LogP contribution in [0.4, 0.5) is 0 Å². The van der Waals surface area contributed by atoms with Gasteiger partial charge < -0.3 is 14.2 Å². The Morgan fingerprint density at radius 2 is 1.88 bits per heavy atom. The molecule has 1 heterocycles. The van der Waals surface area contributed by atoms with E-state index >= 15 is 0 Å². The summed E-state index contributed by atoms with van der Waals surface area (Å²) in [6.07, 6.45) is 4.61. The molecule has 0 amide bonds. The molecule has 1 N–H and O–H groups in total. The molecular weight excluding hydrogens is 328 g/mol. The second kappa shape index (κ2) is 8.49. The van der Waals surface area contributed by atoms with Crippen molar-refractivity contribution >= 4 is 18.4 Å². The molecule has 0 saturated carbocycles. The van der Waals surface area contributed by atoms with E-state index in [9.17, 15) is 0 Å². The Balaban J connectivity index is 2.36. The second-order valence-electron chi connectivity index (χ2n) is 5.06. The molecule has 0 unspecified atom stereocenters. The highest BCUT2D eigenvalue weighted by atomic mass is 32.1. The predicted octanol–water partition coefficient (Wildman–Crippen LogP) is 3.19. The molecule has 24 heavy (non-hydrogen) atoms. The molecule has 0 fully saturated rings. The molecule has 0 bridgehead atoms. The van der Waals surface area contributed by atoms with E-state index in [-0.39, 0.29) is 0 Å². The molecule has 2 rings (SSSR count). The molecule has 7 nitrogen and oxygen atoms in total. The van der Waals surface area contributed by atoms with Crippen molar-refractivity contribution in [1.29, 1.82) is 0 Å². The predicted molar refractivity (Wildman–Crippen MR) is 95.1 cm³/mol. The number of nitrogens with zero attached hydrogens (tertiary/aromatic N) is 3. The van der Waals surface area contributed by atoms with Crippen molar-refractivity contribution in [3.63, 3.8) is 0 Å².